The second kappa shape index (κ2) is 6.75. The molecule has 0 aromatic heterocycles. The minimum Gasteiger partial charge on any atom is -0.333 e. The van der Waals surface area contributed by atoms with Crippen LogP contribution in [0.1, 0.15) is 12.8 Å². The largest absolute Gasteiger partial charge is 0.333 e. The van der Waals surface area contributed by atoms with Crippen LogP contribution in [0.15, 0.2) is 30.3 Å². The summed E-state index contributed by atoms with van der Waals surface area (Å²) >= 11 is 0. The smallest absolute Gasteiger partial charge is 0.317 e. The van der Waals surface area contributed by atoms with Crippen LogP contribution in [-0.4, -0.2) is 43.0 Å². The number of para-hydroxylation sites is 1. The van der Waals surface area contributed by atoms with E-state index in [0.29, 0.717) is 25.9 Å². The van der Waals surface area contributed by atoms with Crippen LogP contribution in [0.5, 0.6) is 0 Å². The Bertz CT molecular complexity index is 553. The quantitative estimate of drug-likeness (QED) is 0.907. The molecule has 0 saturated carbocycles. The number of hydrogen-bond donors (Lipinski definition) is 1. The van der Waals surface area contributed by atoms with E-state index < -0.39 is 0 Å². The van der Waals surface area contributed by atoms with Gasteiger partial charge in [0.25, 0.3) is 0 Å². The van der Waals surface area contributed by atoms with Crippen LogP contribution in [0.3, 0.4) is 0 Å². The van der Waals surface area contributed by atoms with Gasteiger partial charge in [-0.2, -0.15) is 5.26 Å². The van der Waals surface area contributed by atoms with Crippen molar-refractivity contribution in [1.82, 2.24) is 10.2 Å². The van der Waals surface area contributed by atoms with E-state index in [4.69, 9.17) is 5.26 Å². The van der Waals surface area contributed by atoms with Crippen molar-refractivity contribution in [2.45, 2.75) is 18.9 Å². The standard InChI is InChI=1S/C15H18N4O2/c1-18(9-5-8-16)15(21)17-12-10-14(20)19(11-12)13-6-3-2-4-7-13/h2-4,6-7,12H,5,9-11H2,1H3,(H,17,21)/t12-/m0/s1. The molecule has 0 bridgehead atoms. The molecule has 0 unspecified atom stereocenters. The summed E-state index contributed by atoms with van der Waals surface area (Å²) in [7, 11) is 1.64. The zero-order valence-electron chi connectivity index (χ0n) is 12.0. The van der Waals surface area contributed by atoms with Gasteiger partial charge in [-0.3, -0.25) is 4.79 Å². The lowest BCUT2D eigenvalue weighted by molar-refractivity contribution is -0.117. The average molecular weight is 286 g/mol. The van der Waals surface area contributed by atoms with E-state index in [1.54, 1.807) is 11.9 Å². The first-order valence-corrected chi connectivity index (χ1v) is 6.86. The molecule has 6 heteroatoms. The van der Waals surface area contributed by atoms with Gasteiger partial charge in [-0.25, -0.2) is 4.79 Å². The SMILES string of the molecule is CN(CCC#N)C(=O)N[C@H]1CC(=O)N(c2ccccc2)C1. The number of carbonyl (C=O) groups excluding carboxylic acids is 2. The zero-order valence-corrected chi connectivity index (χ0v) is 12.0. The number of rotatable bonds is 4. The second-order valence-electron chi connectivity index (χ2n) is 5.02. The monoisotopic (exact) mass is 286 g/mol. The van der Waals surface area contributed by atoms with Gasteiger partial charge in [-0.1, -0.05) is 18.2 Å². The third-order valence-electron chi connectivity index (χ3n) is 3.43. The lowest BCUT2D eigenvalue weighted by Gasteiger charge is -2.20. The third kappa shape index (κ3) is 3.72. The number of hydrogen-bond acceptors (Lipinski definition) is 3. The van der Waals surface area contributed by atoms with Crippen molar-refractivity contribution in [2.75, 3.05) is 25.0 Å². The van der Waals surface area contributed by atoms with Gasteiger partial charge in [-0.15, -0.1) is 0 Å². The Labute approximate surface area is 123 Å². The van der Waals surface area contributed by atoms with E-state index in [9.17, 15) is 9.59 Å². The number of urea groups is 1. The normalized spacial score (nSPS) is 17.4. The van der Waals surface area contributed by atoms with Crippen LogP contribution in [0, 0.1) is 11.3 Å². The summed E-state index contributed by atoms with van der Waals surface area (Å²) < 4.78 is 0. The second-order valence-corrected chi connectivity index (χ2v) is 5.02. The Balaban J connectivity index is 1.91. The van der Waals surface area contributed by atoms with Gasteiger partial charge in [0.05, 0.1) is 18.5 Å². The number of anilines is 1. The predicted octanol–water partition coefficient (Wildman–Crippen LogP) is 1.35. The lowest BCUT2D eigenvalue weighted by Crippen LogP contribution is -2.44. The number of benzene rings is 1. The van der Waals surface area contributed by atoms with Gasteiger partial charge in [-0.05, 0) is 12.1 Å². The van der Waals surface area contributed by atoms with Crippen LogP contribution < -0.4 is 10.2 Å². The first-order valence-electron chi connectivity index (χ1n) is 6.86. The molecule has 1 aromatic rings. The highest BCUT2D eigenvalue weighted by atomic mass is 16.2. The molecule has 0 spiro atoms. The van der Waals surface area contributed by atoms with E-state index in [1.807, 2.05) is 36.4 Å². The van der Waals surface area contributed by atoms with E-state index >= 15 is 0 Å². The summed E-state index contributed by atoms with van der Waals surface area (Å²) in [6, 6.07) is 11.0. The lowest BCUT2D eigenvalue weighted by atomic mass is 10.2. The van der Waals surface area contributed by atoms with Gasteiger partial charge in [0.1, 0.15) is 0 Å². The summed E-state index contributed by atoms with van der Waals surface area (Å²) in [5, 5.41) is 11.3. The molecule has 0 radical (unpaired) electrons. The number of nitrogens with one attached hydrogen (secondary N) is 1. The highest BCUT2D eigenvalue weighted by Gasteiger charge is 2.31. The summed E-state index contributed by atoms with van der Waals surface area (Å²) in [6.07, 6.45) is 0.594. The van der Waals surface area contributed by atoms with Crippen LogP contribution >= 0.6 is 0 Å². The molecule has 0 aliphatic carbocycles. The molecule has 1 aliphatic heterocycles. The molecular formula is C15H18N4O2. The van der Waals surface area contributed by atoms with Gasteiger partial charge in [0.15, 0.2) is 0 Å². The summed E-state index contributed by atoms with van der Waals surface area (Å²) in [6.45, 7) is 0.853. The minimum absolute atomic E-state index is 0.00572. The van der Waals surface area contributed by atoms with Crippen molar-refractivity contribution in [3.63, 3.8) is 0 Å². The number of nitrogens with zero attached hydrogens (tertiary/aromatic N) is 3. The highest BCUT2D eigenvalue weighted by Crippen LogP contribution is 2.21. The molecule has 3 amide bonds. The molecule has 1 atom stereocenters. The molecule has 1 N–H and O–H groups in total. The molecule has 110 valence electrons. The average Bonchev–Trinajstić information content (AvgIpc) is 2.86. The maximum Gasteiger partial charge on any atom is 0.317 e. The first-order chi connectivity index (χ1) is 10.1. The molecule has 21 heavy (non-hydrogen) atoms. The summed E-state index contributed by atoms with van der Waals surface area (Å²) in [4.78, 5) is 27.1. The fraction of sp³-hybridized carbons (Fsp3) is 0.400. The topological polar surface area (TPSA) is 76.4 Å². The molecule has 2 rings (SSSR count). The van der Waals surface area contributed by atoms with Crippen molar-refractivity contribution in [3.05, 3.63) is 30.3 Å². The predicted molar refractivity (Wildman–Crippen MR) is 78.6 cm³/mol. The molecule has 1 fully saturated rings. The molecule has 1 aromatic carbocycles. The van der Waals surface area contributed by atoms with E-state index in [2.05, 4.69) is 5.32 Å². The maximum atomic E-state index is 12.0. The van der Waals surface area contributed by atoms with Gasteiger partial charge in [0.2, 0.25) is 5.91 Å². The van der Waals surface area contributed by atoms with E-state index in [1.165, 1.54) is 4.90 Å². The maximum absolute atomic E-state index is 12.0. The number of amides is 3. The van der Waals surface area contributed by atoms with Crippen molar-refractivity contribution in [1.29, 1.82) is 5.26 Å². The van der Waals surface area contributed by atoms with Gasteiger partial charge >= 0.3 is 6.03 Å². The van der Waals surface area contributed by atoms with Crippen molar-refractivity contribution in [2.24, 2.45) is 0 Å². The van der Waals surface area contributed by atoms with Crippen LogP contribution in [0.25, 0.3) is 0 Å². The highest BCUT2D eigenvalue weighted by molar-refractivity contribution is 5.96. The Morgan fingerprint density at radius 2 is 2.19 bits per heavy atom. The Hall–Kier alpha value is -2.55. The molecule has 6 nitrogen and oxygen atoms in total. The number of nitriles is 1. The van der Waals surface area contributed by atoms with Gasteiger partial charge in [0, 0.05) is 32.2 Å². The molecule has 1 aliphatic rings. The number of carbonyl (C=O) groups is 2. The van der Waals surface area contributed by atoms with Crippen LogP contribution in [0.4, 0.5) is 10.5 Å². The van der Waals surface area contributed by atoms with Crippen LogP contribution in [0.2, 0.25) is 0 Å². The van der Waals surface area contributed by atoms with E-state index in [0.717, 1.165) is 5.69 Å². The van der Waals surface area contributed by atoms with Crippen molar-refractivity contribution < 1.29 is 9.59 Å². The van der Waals surface area contributed by atoms with Crippen molar-refractivity contribution in [3.8, 4) is 6.07 Å². The van der Waals surface area contributed by atoms with E-state index in [-0.39, 0.29) is 18.0 Å². The zero-order chi connectivity index (χ0) is 15.2. The Morgan fingerprint density at radius 3 is 2.86 bits per heavy atom. The molecular weight excluding hydrogens is 268 g/mol. The summed E-state index contributed by atoms with van der Waals surface area (Å²) in [5.74, 6) is 0.00572. The van der Waals surface area contributed by atoms with Gasteiger partial charge < -0.3 is 15.1 Å². The fourth-order valence-corrected chi connectivity index (χ4v) is 2.27. The molecule has 1 saturated heterocycles. The third-order valence-corrected chi connectivity index (χ3v) is 3.43. The first kappa shape index (κ1) is 14.9. The van der Waals surface area contributed by atoms with Crippen LogP contribution in [-0.2, 0) is 4.79 Å². The fourth-order valence-electron chi connectivity index (χ4n) is 2.27. The minimum atomic E-state index is -0.252. The summed E-state index contributed by atoms with van der Waals surface area (Å²) in [5.41, 5.74) is 0.845. The molecule has 1 heterocycles. The Kier molecular flexibility index (Phi) is 4.77. The van der Waals surface area contributed by atoms with Crippen molar-refractivity contribution >= 4 is 17.6 Å². The Morgan fingerprint density at radius 1 is 1.48 bits per heavy atom.